The lowest BCUT2D eigenvalue weighted by atomic mass is 10.1. The summed E-state index contributed by atoms with van der Waals surface area (Å²) in [4.78, 5) is 2.58. The zero-order valence-electron chi connectivity index (χ0n) is 13.5. The molecule has 0 heterocycles. The van der Waals surface area contributed by atoms with Crippen molar-refractivity contribution in [1.29, 1.82) is 0 Å². The molecule has 112 valence electrons. The molecule has 0 aromatic heterocycles. The van der Waals surface area contributed by atoms with Gasteiger partial charge in [-0.2, -0.15) is 0 Å². The molecule has 0 aliphatic heterocycles. The van der Waals surface area contributed by atoms with Crippen molar-refractivity contribution >= 4 is 0 Å². The third kappa shape index (κ3) is 4.92. The maximum atomic E-state index is 3.64. The second-order valence-electron chi connectivity index (χ2n) is 6.84. The van der Waals surface area contributed by atoms with E-state index < -0.39 is 0 Å². The van der Waals surface area contributed by atoms with E-state index in [-0.39, 0.29) is 0 Å². The molecular formula is C18H30N2. The normalized spacial score (nSPS) is 15.6. The highest BCUT2D eigenvalue weighted by atomic mass is 15.1. The standard InChI is InChI=1S/C18H30N2/c1-14(2)12-20(15(3)4)13-17-8-6-5-7-16(17)11-19-18-9-10-18/h5-8,14-15,18-19H,9-13H2,1-4H3. The molecule has 0 unspecified atom stereocenters. The van der Waals surface area contributed by atoms with Crippen LogP contribution in [0.1, 0.15) is 51.7 Å². The molecule has 2 nitrogen and oxygen atoms in total. The van der Waals surface area contributed by atoms with E-state index in [2.05, 4.69) is 62.2 Å². The lowest BCUT2D eigenvalue weighted by Crippen LogP contribution is -2.34. The summed E-state index contributed by atoms with van der Waals surface area (Å²) < 4.78 is 0. The lowest BCUT2D eigenvalue weighted by molar-refractivity contribution is 0.188. The lowest BCUT2D eigenvalue weighted by Gasteiger charge is -2.29. The van der Waals surface area contributed by atoms with Crippen LogP contribution in [0.25, 0.3) is 0 Å². The molecule has 1 saturated carbocycles. The SMILES string of the molecule is CC(C)CN(Cc1ccccc1CNC1CC1)C(C)C. The van der Waals surface area contributed by atoms with E-state index in [0.717, 1.165) is 19.1 Å². The fraction of sp³-hybridized carbons (Fsp3) is 0.667. The van der Waals surface area contributed by atoms with Crippen molar-refractivity contribution in [2.24, 2.45) is 5.92 Å². The van der Waals surface area contributed by atoms with Crippen molar-refractivity contribution in [2.45, 2.75) is 65.7 Å². The summed E-state index contributed by atoms with van der Waals surface area (Å²) in [5.41, 5.74) is 2.95. The monoisotopic (exact) mass is 274 g/mol. The molecule has 0 atom stereocenters. The molecule has 1 aliphatic carbocycles. The fourth-order valence-electron chi connectivity index (χ4n) is 2.57. The predicted octanol–water partition coefficient (Wildman–Crippen LogP) is 3.81. The number of nitrogens with zero attached hydrogens (tertiary/aromatic N) is 1. The smallest absolute Gasteiger partial charge is 0.0239 e. The molecule has 1 aliphatic rings. The van der Waals surface area contributed by atoms with Crippen molar-refractivity contribution in [3.8, 4) is 0 Å². The Morgan fingerprint density at radius 1 is 1.10 bits per heavy atom. The Kier molecular flexibility index (Phi) is 5.62. The first-order chi connectivity index (χ1) is 9.56. The molecule has 2 heteroatoms. The van der Waals surface area contributed by atoms with E-state index in [4.69, 9.17) is 0 Å². The Balaban J connectivity index is 2.01. The first-order valence-electron chi connectivity index (χ1n) is 8.10. The Labute approximate surface area is 124 Å². The molecule has 2 rings (SSSR count). The number of nitrogens with one attached hydrogen (secondary N) is 1. The van der Waals surface area contributed by atoms with Gasteiger partial charge in [-0.1, -0.05) is 38.1 Å². The van der Waals surface area contributed by atoms with Gasteiger partial charge in [0, 0.05) is 31.7 Å². The van der Waals surface area contributed by atoms with Crippen LogP contribution >= 0.6 is 0 Å². The van der Waals surface area contributed by atoms with Gasteiger partial charge in [-0.05, 0) is 43.7 Å². The maximum Gasteiger partial charge on any atom is 0.0239 e. The van der Waals surface area contributed by atoms with Crippen LogP contribution in [0.3, 0.4) is 0 Å². The second kappa shape index (κ2) is 7.24. The summed E-state index contributed by atoms with van der Waals surface area (Å²) >= 11 is 0. The van der Waals surface area contributed by atoms with Crippen molar-refractivity contribution in [3.63, 3.8) is 0 Å². The van der Waals surface area contributed by atoms with Gasteiger partial charge in [0.2, 0.25) is 0 Å². The van der Waals surface area contributed by atoms with Crippen LogP contribution in [0.15, 0.2) is 24.3 Å². The third-order valence-electron chi connectivity index (χ3n) is 3.98. The van der Waals surface area contributed by atoms with Crippen LogP contribution in [0.5, 0.6) is 0 Å². The van der Waals surface area contributed by atoms with Gasteiger partial charge in [0.25, 0.3) is 0 Å². The summed E-state index contributed by atoms with van der Waals surface area (Å²) in [6, 6.07) is 10.3. The van der Waals surface area contributed by atoms with Gasteiger partial charge in [-0.3, -0.25) is 4.90 Å². The van der Waals surface area contributed by atoms with E-state index in [1.54, 1.807) is 0 Å². The fourth-order valence-corrected chi connectivity index (χ4v) is 2.57. The number of hydrogen-bond acceptors (Lipinski definition) is 2. The Morgan fingerprint density at radius 2 is 1.75 bits per heavy atom. The van der Waals surface area contributed by atoms with E-state index in [1.165, 1.54) is 30.5 Å². The molecule has 1 aromatic rings. The number of benzene rings is 1. The molecule has 1 aromatic carbocycles. The molecule has 0 spiro atoms. The van der Waals surface area contributed by atoms with Gasteiger partial charge >= 0.3 is 0 Å². The molecular weight excluding hydrogens is 244 g/mol. The highest BCUT2D eigenvalue weighted by Gasteiger charge is 2.20. The minimum atomic E-state index is 0.599. The Morgan fingerprint density at radius 3 is 2.30 bits per heavy atom. The van der Waals surface area contributed by atoms with Crippen LogP contribution in [-0.4, -0.2) is 23.5 Å². The van der Waals surface area contributed by atoms with Gasteiger partial charge in [0.05, 0.1) is 0 Å². The molecule has 1 N–H and O–H groups in total. The summed E-state index contributed by atoms with van der Waals surface area (Å²) in [6.45, 7) is 12.5. The average molecular weight is 274 g/mol. The highest BCUT2D eigenvalue weighted by molar-refractivity contribution is 5.27. The van der Waals surface area contributed by atoms with Gasteiger partial charge in [-0.15, -0.1) is 0 Å². The summed E-state index contributed by atoms with van der Waals surface area (Å²) in [5.74, 6) is 0.717. The Bertz CT molecular complexity index is 408. The summed E-state index contributed by atoms with van der Waals surface area (Å²) in [6.07, 6.45) is 2.71. The zero-order chi connectivity index (χ0) is 14.5. The third-order valence-corrected chi connectivity index (χ3v) is 3.98. The van der Waals surface area contributed by atoms with Crippen molar-refractivity contribution < 1.29 is 0 Å². The summed E-state index contributed by atoms with van der Waals surface area (Å²) in [7, 11) is 0. The predicted molar refractivity (Wildman–Crippen MR) is 86.7 cm³/mol. The number of rotatable bonds is 8. The van der Waals surface area contributed by atoms with Crippen LogP contribution in [-0.2, 0) is 13.1 Å². The van der Waals surface area contributed by atoms with Gasteiger partial charge in [0.15, 0.2) is 0 Å². The molecule has 0 saturated heterocycles. The van der Waals surface area contributed by atoms with E-state index in [1.807, 2.05) is 0 Å². The van der Waals surface area contributed by atoms with Crippen LogP contribution in [0.2, 0.25) is 0 Å². The first kappa shape index (κ1) is 15.5. The second-order valence-corrected chi connectivity index (χ2v) is 6.84. The quantitative estimate of drug-likeness (QED) is 0.775. The molecule has 20 heavy (non-hydrogen) atoms. The van der Waals surface area contributed by atoms with E-state index >= 15 is 0 Å². The average Bonchev–Trinajstić information content (AvgIpc) is 3.20. The largest absolute Gasteiger partial charge is 0.310 e. The minimum absolute atomic E-state index is 0.599. The van der Waals surface area contributed by atoms with Crippen LogP contribution in [0.4, 0.5) is 0 Å². The van der Waals surface area contributed by atoms with Crippen LogP contribution < -0.4 is 5.32 Å². The highest BCUT2D eigenvalue weighted by Crippen LogP contribution is 2.21. The zero-order valence-corrected chi connectivity index (χ0v) is 13.5. The topological polar surface area (TPSA) is 15.3 Å². The summed E-state index contributed by atoms with van der Waals surface area (Å²) in [5, 5.41) is 3.64. The molecule has 1 fully saturated rings. The molecule has 0 bridgehead atoms. The van der Waals surface area contributed by atoms with Crippen molar-refractivity contribution in [2.75, 3.05) is 6.54 Å². The van der Waals surface area contributed by atoms with E-state index in [9.17, 15) is 0 Å². The van der Waals surface area contributed by atoms with Crippen LogP contribution in [0, 0.1) is 5.92 Å². The minimum Gasteiger partial charge on any atom is -0.310 e. The first-order valence-corrected chi connectivity index (χ1v) is 8.10. The van der Waals surface area contributed by atoms with Crippen molar-refractivity contribution in [1.82, 2.24) is 10.2 Å². The Hall–Kier alpha value is -0.860. The molecule has 0 amide bonds. The number of hydrogen-bond donors (Lipinski definition) is 1. The van der Waals surface area contributed by atoms with Gasteiger partial charge < -0.3 is 5.32 Å². The van der Waals surface area contributed by atoms with Crippen molar-refractivity contribution in [3.05, 3.63) is 35.4 Å². The van der Waals surface area contributed by atoms with E-state index in [0.29, 0.717) is 12.0 Å². The maximum absolute atomic E-state index is 3.64. The van der Waals surface area contributed by atoms with Gasteiger partial charge in [-0.25, -0.2) is 0 Å². The molecule has 0 radical (unpaired) electrons. The van der Waals surface area contributed by atoms with Gasteiger partial charge in [0.1, 0.15) is 0 Å².